The molecule has 0 aromatic heterocycles. The molecular formula is C7H7NO7S2. The average Bonchev–Trinajstić information content (AvgIpc) is 2.16. The third kappa shape index (κ3) is 8.07. The van der Waals surface area contributed by atoms with Crippen molar-refractivity contribution in [3.8, 4) is 0 Å². The maximum absolute atomic E-state index is 10.4. The molecular weight excluding hydrogens is 274 g/mol. The van der Waals surface area contributed by atoms with Gasteiger partial charge in [-0.15, -0.1) is 0 Å². The number of amides is 1. The topological polar surface area (TPSA) is 138 Å². The Morgan fingerprint density at radius 2 is 1.65 bits per heavy atom. The lowest BCUT2D eigenvalue weighted by Crippen LogP contribution is -1.96. The first-order chi connectivity index (χ1) is 7.73. The lowest BCUT2D eigenvalue weighted by Gasteiger charge is -1.92. The molecule has 1 amide bonds. The Labute approximate surface area is 98.0 Å². The van der Waals surface area contributed by atoms with Gasteiger partial charge in [-0.25, -0.2) is 4.79 Å². The fourth-order valence-corrected chi connectivity index (χ4v) is 1.28. The maximum Gasteiger partial charge on any atom is 0.446 e. The van der Waals surface area contributed by atoms with Gasteiger partial charge in [0.25, 0.3) is 10.1 Å². The summed E-state index contributed by atoms with van der Waals surface area (Å²) < 4.78 is 49.9. The van der Waals surface area contributed by atoms with Crippen LogP contribution in [0.5, 0.6) is 0 Å². The van der Waals surface area contributed by atoms with Gasteiger partial charge in [0, 0.05) is 0 Å². The largest absolute Gasteiger partial charge is 0.463 e. The first kappa shape index (κ1) is 15.2. The van der Waals surface area contributed by atoms with E-state index in [1.54, 1.807) is 18.2 Å². The summed E-state index contributed by atoms with van der Waals surface area (Å²) in [5, 5.41) is 7.52. The molecule has 0 saturated heterocycles. The van der Waals surface area contributed by atoms with Gasteiger partial charge in [-0.3, -0.25) is 4.55 Å². The van der Waals surface area contributed by atoms with E-state index in [9.17, 15) is 21.6 Å². The third-order valence-corrected chi connectivity index (χ3v) is 2.37. The van der Waals surface area contributed by atoms with Gasteiger partial charge >= 0.3 is 16.6 Å². The molecule has 1 aromatic rings. The standard InChI is InChI=1S/C6H6O3S.CHNO4S/c7-10(8,9)6-4-2-1-3-5-6;3-1(4)2-7(5)6/h1-5H,(H,7,8,9);(H,3,4). The normalized spacial score (nSPS) is 9.71. The Balaban J connectivity index is 0.000000325. The Hall–Kier alpha value is -1.78. The highest BCUT2D eigenvalue weighted by Gasteiger charge is 2.05. The van der Waals surface area contributed by atoms with Gasteiger partial charge in [0.15, 0.2) is 0 Å². The van der Waals surface area contributed by atoms with Crippen LogP contribution in [0.4, 0.5) is 4.79 Å². The number of benzene rings is 1. The molecule has 8 nitrogen and oxygen atoms in total. The predicted octanol–water partition coefficient (Wildman–Crippen LogP) is 0.660. The van der Waals surface area contributed by atoms with Gasteiger partial charge in [-0.2, -0.15) is 16.8 Å². The van der Waals surface area contributed by atoms with E-state index >= 15 is 0 Å². The van der Waals surface area contributed by atoms with Gasteiger partial charge in [0.2, 0.25) is 0 Å². The predicted molar refractivity (Wildman–Crippen MR) is 55.6 cm³/mol. The van der Waals surface area contributed by atoms with Crippen molar-refractivity contribution in [2.24, 2.45) is 4.36 Å². The monoisotopic (exact) mass is 281 g/mol. The fraction of sp³-hybridized carbons (Fsp3) is 0. The minimum Gasteiger partial charge on any atom is -0.463 e. The summed E-state index contributed by atoms with van der Waals surface area (Å²) in [6, 6.07) is 7.42. The molecule has 0 aliphatic rings. The molecule has 0 aliphatic heterocycles. The van der Waals surface area contributed by atoms with Crippen LogP contribution in [0.1, 0.15) is 0 Å². The minimum absolute atomic E-state index is 0.0741. The lowest BCUT2D eigenvalue weighted by molar-refractivity contribution is 0.206. The number of carboxylic acid groups (broad SMARTS) is 1. The highest BCUT2D eigenvalue weighted by Crippen LogP contribution is 2.05. The van der Waals surface area contributed by atoms with E-state index in [0.29, 0.717) is 0 Å². The Morgan fingerprint density at radius 1 is 1.18 bits per heavy atom. The zero-order valence-corrected chi connectivity index (χ0v) is 9.72. The fourth-order valence-electron chi connectivity index (χ4n) is 0.656. The number of hydrogen-bond donors (Lipinski definition) is 2. The molecule has 0 heterocycles. The van der Waals surface area contributed by atoms with Crippen molar-refractivity contribution < 1.29 is 31.3 Å². The van der Waals surface area contributed by atoms with Crippen molar-refractivity contribution in [1.29, 1.82) is 0 Å². The van der Waals surface area contributed by atoms with Crippen LogP contribution in [0, 0.1) is 0 Å². The third-order valence-electron chi connectivity index (χ3n) is 1.19. The lowest BCUT2D eigenvalue weighted by atomic mass is 10.4. The SMILES string of the molecule is O=C(O)N=S(=O)=O.O=S(=O)(O)c1ccccc1. The van der Waals surface area contributed by atoms with Crippen molar-refractivity contribution in [2.45, 2.75) is 4.90 Å². The molecule has 94 valence electrons. The van der Waals surface area contributed by atoms with Crippen molar-refractivity contribution in [3.63, 3.8) is 0 Å². The highest BCUT2D eigenvalue weighted by atomic mass is 32.2. The first-order valence-electron chi connectivity index (χ1n) is 3.80. The van der Waals surface area contributed by atoms with Crippen LogP contribution in [-0.2, 0) is 20.6 Å². The zero-order chi connectivity index (χ0) is 13.5. The average molecular weight is 281 g/mol. The molecule has 1 rings (SSSR count). The van der Waals surface area contributed by atoms with Gasteiger partial charge in [-0.05, 0) is 12.1 Å². The zero-order valence-electron chi connectivity index (χ0n) is 8.09. The smallest absolute Gasteiger partial charge is 0.446 e. The molecule has 0 radical (unpaired) electrons. The van der Waals surface area contributed by atoms with Gasteiger partial charge < -0.3 is 5.11 Å². The van der Waals surface area contributed by atoms with E-state index in [2.05, 4.69) is 4.36 Å². The van der Waals surface area contributed by atoms with Gasteiger partial charge in [-0.1, -0.05) is 22.6 Å². The molecule has 0 fully saturated rings. The Bertz CT molecular complexity index is 595. The molecule has 0 bridgehead atoms. The van der Waals surface area contributed by atoms with Crippen LogP contribution in [0.25, 0.3) is 0 Å². The summed E-state index contributed by atoms with van der Waals surface area (Å²) in [5.74, 6) is 0. The molecule has 17 heavy (non-hydrogen) atoms. The van der Waals surface area contributed by atoms with Crippen LogP contribution in [0.3, 0.4) is 0 Å². The van der Waals surface area contributed by atoms with Crippen LogP contribution >= 0.6 is 0 Å². The number of nitrogens with zero attached hydrogens (tertiary/aromatic N) is 1. The maximum atomic E-state index is 10.4. The molecule has 0 atom stereocenters. The van der Waals surface area contributed by atoms with E-state index in [1.165, 1.54) is 12.1 Å². The highest BCUT2D eigenvalue weighted by molar-refractivity contribution is 7.85. The van der Waals surface area contributed by atoms with Gasteiger partial charge in [0.05, 0.1) is 4.90 Å². The van der Waals surface area contributed by atoms with Crippen molar-refractivity contribution in [2.75, 3.05) is 0 Å². The summed E-state index contributed by atoms with van der Waals surface area (Å²) in [4.78, 5) is 9.18. The van der Waals surface area contributed by atoms with E-state index in [1.807, 2.05) is 0 Å². The van der Waals surface area contributed by atoms with Crippen LogP contribution in [-0.4, -0.2) is 32.6 Å². The van der Waals surface area contributed by atoms with Crippen LogP contribution in [0.15, 0.2) is 39.6 Å². The van der Waals surface area contributed by atoms with Crippen molar-refractivity contribution in [1.82, 2.24) is 0 Å². The second kappa shape index (κ2) is 6.73. The second-order valence-corrected chi connectivity index (χ2v) is 4.42. The summed E-state index contributed by atoms with van der Waals surface area (Å²) >= 11 is 0. The minimum atomic E-state index is -4.00. The summed E-state index contributed by atoms with van der Waals surface area (Å²) in [7, 11) is -6.82. The van der Waals surface area contributed by atoms with Crippen LogP contribution in [0.2, 0.25) is 0 Å². The number of carbonyl (C=O) groups is 1. The Morgan fingerprint density at radius 3 is 1.82 bits per heavy atom. The molecule has 0 saturated carbocycles. The molecule has 2 N–H and O–H groups in total. The molecule has 0 aliphatic carbocycles. The summed E-state index contributed by atoms with van der Waals surface area (Å²) in [6.45, 7) is 0. The molecule has 0 unspecified atom stereocenters. The molecule has 10 heteroatoms. The molecule has 0 spiro atoms. The number of hydrogen-bond acceptors (Lipinski definition) is 5. The van der Waals surface area contributed by atoms with Crippen LogP contribution < -0.4 is 0 Å². The quantitative estimate of drug-likeness (QED) is 0.721. The van der Waals surface area contributed by atoms with Crippen molar-refractivity contribution in [3.05, 3.63) is 30.3 Å². The van der Waals surface area contributed by atoms with E-state index in [0.717, 1.165) is 0 Å². The van der Waals surface area contributed by atoms with Gasteiger partial charge in [0.1, 0.15) is 0 Å². The van der Waals surface area contributed by atoms with E-state index in [4.69, 9.17) is 9.66 Å². The van der Waals surface area contributed by atoms with E-state index < -0.39 is 26.7 Å². The summed E-state index contributed by atoms with van der Waals surface area (Å²) in [5.41, 5.74) is 0. The second-order valence-electron chi connectivity index (χ2n) is 2.38. The van der Waals surface area contributed by atoms with Crippen molar-refractivity contribution >= 4 is 26.7 Å². The summed E-state index contributed by atoms with van der Waals surface area (Å²) in [6.07, 6.45) is -1.70. The van der Waals surface area contributed by atoms with E-state index in [-0.39, 0.29) is 4.90 Å². The Kier molecular flexibility index (Phi) is 6.02. The number of rotatable bonds is 1. The molecule has 1 aromatic carbocycles. The first-order valence-corrected chi connectivity index (χ1v) is 6.27.